The third-order valence-electron chi connectivity index (χ3n) is 2.91. The van der Waals surface area contributed by atoms with E-state index in [0.717, 1.165) is 11.3 Å². The van der Waals surface area contributed by atoms with Crippen LogP contribution in [0.1, 0.15) is 29.4 Å². The predicted octanol–water partition coefficient (Wildman–Crippen LogP) is 2.77. The lowest BCUT2D eigenvalue weighted by atomic mass is 9.99. The fraction of sp³-hybridized carbons (Fsp3) is 0.538. The predicted molar refractivity (Wildman–Crippen MR) is 69.9 cm³/mol. The zero-order valence-electron chi connectivity index (χ0n) is 10.2. The second-order valence-electron chi connectivity index (χ2n) is 4.11. The number of ether oxygens (including phenoxy) is 3. The Bertz CT molecular complexity index is 373. The van der Waals surface area contributed by atoms with Gasteiger partial charge < -0.3 is 14.2 Å². The number of methoxy groups -OCH3 is 1. The SMILES string of the molecule is COc1ccc(C(C)S)c(C2COCCO2)c1. The molecule has 2 atom stereocenters. The molecular weight excluding hydrogens is 236 g/mol. The monoisotopic (exact) mass is 254 g/mol. The standard InChI is InChI=1S/C13H18O3S/c1-9(17)11-4-3-10(14-2)7-12(11)13-8-15-5-6-16-13/h3-4,7,9,13,17H,5-6,8H2,1-2H3. The van der Waals surface area contributed by atoms with Gasteiger partial charge in [0.1, 0.15) is 11.9 Å². The molecule has 3 nitrogen and oxygen atoms in total. The maximum atomic E-state index is 5.74. The van der Waals surface area contributed by atoms with Crippen LogP contribution in [0.4, 0.5) is 0 Å². The summed E-state index contributed by atoms with van der Waals surface area (Å²) < 4.78 is 16.5. The van der Waals surface area contributed by atoms with E-state index in [9.17, 15) is 0 Å². The first-order valence-corrected chi connectivity index (χ1v) is 6.29. The van der Waals surface area contributed by atoms with Crippen molar-refractivity contribution in [1.82, 2.24) is 0 Å². The molecule has 1 fully saturated rings. The van der Waals surface area contributed by atoms with Gasteiger partial charge in [-0.2, -0.15) is 12.6 Å². The first-order valence-electron chi connectivity index (χ1n) is 5.77. The topological polar surface area (TPSA) is 27.7 Å². The van der Waals surface area contributed by atoms with Crippen molar-refractivity contribution in [2.75, 3.05) is 26.9 Å². The van der Waals surface area contributed by atoms with E-state index in [0.29, 0.717) is 19.8 Å². The molecule has 1 saturated heterocycles. The van der Waals surface area contributed by atoms with Gasteiger partial charge >= 0.3 is 0 Å². The van der Waals surface area contributed by atoms with Gasteiger partial charge in [-0.3, -0.25) is 0 Å². The van der Waals surface area contributed by atoms with Crippen LogP contribution in [0.25, 0.3) is 0 Å². The Morgan fingerprint density at radius 2 is 2.24 bits per heavy atom. The summed E-state index contributed by atoms with van der Waals surface area (Å²) in [6, 6.07) is 6.01. The van der Waals surface area contributed by atoms with Crippen molar-refractivity contribution < 1.29 is 14.2 Å². The number of hydrogen-bond acceptors (Lipinski definition) is 4. The molecule has 0 aliphatic carbocycles. The summed E-state index contributed by atoms with van der Waals surface area (Å²) in [4.78, 5) is 0. The molecule has 1 aromatic carbocycles. The third kappa shape index (κ3) is 2.94. The van der Waals surface area contributed by atoms with E-state index < -0.39 is 0 Å². The average molecular weight is 254 g/mol. The summed E-state index contributed by atoms with van der Waals surface area (Å²) in [7, 11) is 1.67. The van der Waals surface area contributed by atoms with Crippen molar-refractivity contribution in [3.63, 3.8) is 0 Å². The summed E-state index contributed by atoms with van der Waals surface area (Å²) in [5, 5.41) is 0.168. The minimum absolute atomic E-state index is 0.0107. The van der Waals surface area contributed by atoms with E-state index in [4.69, 9.17) is 14.2 Å². The molecule has 0 spiro atoms. The van der Waals surface area contributed by atoms with Gasteiger partial charge in [-0.1, -0.05) is 6.07 Å². The Morgan fingerprint density at radius 3 is 2.82 bits per heavy atom. The highest BCUT2D eigenvalue weighted by atomic mass is 32.1. The second-order valence-corrected chi connectivity index (χ2v) is 4.88. The van der Waals surface area contributed by atoms with Gasteiger partial charge in [-0.05, 0) is 30.2 Å². The van der Waals surface area contributed by atoms with Gasteiger partial charge in [0.2, 0.25) is 0 Å². The van der Waals surface area contributed by atoms with Crippen LogP contribution in [0, 0.1) is 0 Å². The van der Waals surface area contributed by atoms with E-state index in [1.54, 1.807) is 7.11 Å². The molecule has 94 valence electrons. The minimum atomic E-state index is -0.0107. The highest BCUT2D eigenvalue weighted by molar-refractivity contribution is 7.80. The first-order chi connectivity index (χ1) is 8.22. The zero-order valence-corrected chi connectivity index (χ0v) is 11.1. The average Bonchev–Trinajstić information content (AvgIpc) is 2.39. The van der Waals surface area contributed by atoms with Crippen molar-refractivity contribution in [2.24, 2.45) is 0 Å². The van der Waals surface area contributed by atoms with Crippen molar-refractivity contribution in [3.8, 4) is 5.75 Å². The molecular formula is C13H18O3S. The van der Waals surface area contributed by atoms with Crippen molar-refractivity contribution in [2.45, 2.75) is 18.3 Å². The fourth-order valence-electron chi connectivity index (χ4n) is 2.01. The number of hydrogen-bond donors (Lipinski definition) is 1. The van der Waals surface area contributed by atoms with E-state index in [-0.39, 0.29) is 11.4 Å². The van der Waals surface area contributed by atoms with Gasteiger partial charge in [-0.15, -0.1) is 0 Å². The van der Waals surface area contributed by atoms with Crippen LogP contribution in [0.15, 0.2) is 18.2 Å². The van der Waals surface area contributed by atoms with Crippen molar-refractivity contribution in [3.05, 3.63) is 29.3 Å². The Kier molecular flexibility index (Phi) is 4.31. The van der Waals surface area contributed by atoms with Gasteiger partial charge in [0.25, 0.3) is 0 Å². The Labute approximate surface area is 107 Å². The van der Waals surface area contributed by atoms with Crippen LogP contribution < -0.4 is 4.74 Å². The Morgan fingerprint density at radius 1 is 1.41 bits per heavy atom. The van der Waals surface area contributed by atoms with Gasteiger partial charge in [0.05, 0.1) is 26.9 Å². The summed E-state index contributed by atoms with van der Waals surface area (Å²) in [5.74, 6) is 0.840. The molecule has 4 heteroatoms. The summed E-state index contributed by atoms with van der Waals surface area (Å²) in [6.07, 6.45) is -0.0107. The maximum absolute atomic E-state index is 5.74. The molecule has 17 heavy (non-hydrogen) atoms. The molecule has 2 unspecified atom stereocenters. The summed E-state index contributed by atoms with van der Waals surface area (Å²) in [5.41, 5.74) is 2.29. The van der Waals surface area contributed by atoms with Crippen molar-refractivity contribution >= 4 is 12.6 Å². The van der Waals surface area contributed by atoms with Crippen LogP contribution in [-0.4, -0.2) is 26.9 Å². The highest BCUT2D eigenvalue weighted by Crippen LogP contribution is 2.33. The maximum Gasteiger partial charge on any atom is 0.119 e. The van der Waals surface area contributed by atoms with Crippen LogP contribution in [0.3, 0.4) is 0 Å². The number of thiol groups is 1. The van der Waals surface area contributed by atoms with Crippen LogP contribution in [-0.2, 0) is 9.47 Å². The molecule has 0 amide bonds. The Hall–Kier alpha value is -0.710. The molecule has 1 heterocycles. The van der Waals surface area contributed by atoms with E-state index >= 15 is 0 Å². The molecule has 0 saturated carbocycles. The van der Waals surface area contributed by atoms with E-state index in [1.165, 1.54) is 5.56 Å². The molecule has 0 N–H and O–H groups in total. The minimum Gasteiger partial charge on any atom is -0.497 e. The molecule has 2 rings (SSSR count). The van der Waals surface area contributed by atoms with Crippen LogP contribution in [0.5, 0.6) is 5.75 Å². The lowest BCUT2D eigenvalue weighted by Gasteiger charge is -2.26. The normalized spacial score (nSPS) is 22.2. The van der Waals surface area contributed by atoms with Gasteiger partial charge in [0.15, 0.2) is 0 Å². The molecule has 1 aromatic rings. The Balaban J connectivity index is 2.33. The zero-order chi connectivity index (χ0) is 12.3. The van der Waals surface area contributed by atoms with Crippen LogP contribution >= 0.6 is 12.6 Å². The quantitative estimate of drug-likeness (QED) is 0.841. The van der Waals surface area contributed by atoms with E-state index in [2.05, 4.69) is 19.6 Å². The van der Waals surface area contributed by atoms with Crippen molar-refractivity contribution in [1.29, 1.82) is 0 Å². The molecule has 1 aliphatic rings. The molecule has 0 aromatic heterocycles. The number of benzene rings is 1. The molecule has 0 radical (unpaired) electrons. The van der Waals surface area contributed by atoms with Gasteiger partial charge in [-0.25, -0.2) is 0 Å². The third-order valence-corrected chi connectivity index (χ3v) is 3.19. The number of rotatable bonds is 3. The molecule has 1 aliphatic heterocycles. The lowest BCUT2D eigenvalue weighted by Crippen LogP contribution is -2.23. The van der Waals surface area contributed by atoms with Gasteiger partial charge in [0, 0.05) is 5.25 Å². The van der Waals surface area contributed by atoms with E-state index in [1.807, 2.05) is 18.2 Å². The smallest absolute Gasteiger partial charge is 0.119 e. The largest absolute Gasteiger partial charge is 0.497 e. The summed E-state index contributed by atoms with van der Waals surface area (Å²) >= 11 is 4.50. The first kappa shape index (κ1) is 12.7. The highest BCUT2D eigenvalue weighted by Gasteiger charge is 2.21. The second kappa shape index (κ2) is 5.76. The summed E-state index contributed by atoms with van der Waals surface area (Å²) in [6.45, 7) is 3.97. The lowest BCUT2D eigenvalue weighted by molar-refractivity contribution is -0.0904. The van der Waals surface area contributed by atoms with Crippen LogP contribution in [0.2, 0.25) is 0 Å². The fourth-order valence-corrected chi connectivity index (χ4v) is 2.24. The molecule has 0 bridgehead atoms.